The second-order valence-electron chi connectivity index (χ2n) is 6.81. The SMILES string of the molecule is COc1ccc(C)cc1NC(=O)CNC1(c2cccc(Br)c2)CCOCC1. The minimum absolute atomic E-state index is 0.0974. The minimum atomic E-state index is -0.268. The minimum Gasteiger partial charge on any atom is -0.495 e. The third-order valence-electron chi connectivity index (χ3n) is 4.94. The van der Waals surface area contributed by atoms with Gasteiger partial charge in [0.1, 0.15) is 5.75 Å². The number of ether oxygens (including phenoxy) is 2. The molecule has 0 aliphatic carbocycles. The van der Waals surface area contributed by atoms with Gasteiger partial charge in [-0.1, -0.05) is 34.1 Å². The van der Waals surface area contributed by atoms with Crippen molar-refractivity contribution >= 4 is 27.5 Å². The van der Waals surface area contributed by atoms with Crippen molar-refractivity contribution in [2.24, 2.45) is 0 Å². The lowest BCUT2D eigenvalue weighted by molar-refractivity contribution is -0.116. The molecule has 0 atom stereocenters. The second-order valence-corrected chi connectivity index (χ2v) is 7.73. The molecule has 5 nitrogen and oxygen atoms in total. The number of nitrogens with one attached hydrogen (secondary N) is 2. The summed E-state index contributed by atoms with van der Waals surface area (Å²) in [6, 6.07) is 14.0. The van der Waals surface area contributed by atoms with E-state index in [1.807, 2.05) is 37.3 Å². The van der Waals surface area contributed by atoms with Crippen LogP contribution >= 0.6 is 15.9 Å². The Kier molecular flexibility index (Phi) is 6.52. The average Bonchev–Trinajstić information content (AvgIpc) is 2.67. The van der Waals surface area contributed by atoms with Gasteiger partial charge in [-0.15, -0.1) is 0 Å². The number of methoxy groups -OCH3 is 1. The summed E-state index contributed by atoms with van der Waals surface area (Å²) in [6.45, 7) is 3.54. The van der Waals surface area contributed by atoms with Crippen molar-refractivity contribution in [3.05, 3.63) is 58.1 Å². The van der Waals surface area contributed by atoms with Crippen LogP contribution in [0.1, 0.15) is 24.0 Å². The van der Waals surface area contributed by atoms with E-state index in [-0.39, 0.29) is 18.0 Å². The van der Waals surface area contributed by atoms with Gasteiger partial charge in [-0.05, 0) is 55.2 Å². The summed E-state index contributed by atoms with van der Waals surface area (Å²) in [5, 5.41) is 6.45. The fourth-order valence-electron chi connectivity index (χ4n) is 3.44. The summed E-state index contributed by atoms with van der Waals surface area (Å²) in [5.41, 5.74) is 2.65. The molecule has 6 heteroatoms. The van der Waals surface area contributed by atoms with Gasteiger partial charge < -0.3 is 14.8 Å². The monoisotopic (exact) mass is 432 g/mol. The first-order valence-corrected chi connectivity index (χ1v) is 9.85. The van der Waals surface area contributed by atoms with Crippen LogP contribution in [0, 0.1) is 6.92 Å². The van der Waals surface area contributed by atoms with Crippen LogP contribution in [0.5, 0.6) is 5.75 Å². The zero-order valence-corrected chi connectivity index (χ0v) is 17.3. The molecule has 1 fully saturated rings. The lowest BCUT2D eigenvalue weighted by atomic mass is 9.82. The van der Waals surface area contributed by atoms with E-state index in [0.29, 0.717) is 24.7 Å². The number of rotatable bonds is 6. The maximum Gasteiger partial charge on any atom is 0.238 e. The van der Waals surface area contributed by atoms with Crippen molar-refractivity contribution in [3.8, 4) is 5.75 Å². The lowest BCUT2D eigenvalue weighted by Crippen LogP contribution is -2.49. The molecule has 144 valence electrons. The lowest BCUT2D eigenvalue weighted by Gasteiger charge is -2.38. The van der Waals surface area contributed by atoms with Crippen LogP contribution < -0.4 is 15.4 Å². The summed E-state index contributed by atoms with van der Waals surface area (Å²) >= 11 is 3.55. The standard InChI is InChI=1S/C21H25BrN2O3/c1-15-6-7-19(26-2)18(12-15)24-20(25)14-23-21(8-10-27-11-9-21)16-4-3-5-17(22)13-16/h3-7,12-13,23H,8-11,14H2,1-2H3,(H,24,25). The van der Waals surface area contributed by atoms with Gasteiger partial charge in [-0.3, -0.25) is 10.1 Å². The topological polar surface area (TPSA) is 59.6 Å². The van der Waals surface area contributed by atoms with Crippen LogP contribution in [-0.2, 0) is 15.1 Å². The van der Waals surface area contributed by atoms with Crippen LogP contribution in [0.3, 0.4) is 0 Å². The fourth-order valence-corrected chi connectivity index (χ4v) is 3.84. The highest BCUT2D eigenvalue weighted by Crippen LogP contribution is 2.33. The Bertz CT molecular complexity index is 804. The number of benzene rings is 2. The highest BCUT2D eigenvalue weighted by atomic mass is 79.9. The van der Waals surface area contributed by atoms with Crippen LogP contribution in [-0.4, -0.2) is 32.8 Å². The number of amides is 1. The van der Waals surface area contributed by atoms with E-state index in [0.717, 1.165) is 22.9 Å². The molecular formula is C21H25BrN2O3. The van der Waals surface area contributed by atoms with E-state index < -0.39 is 0 Å². The number of aryl methyl sites for hydroxylation is 1. The Morgan fingerprint density at radius 1 is 1.22 bits per heavy atom. The van der Waals surface area contributed by atoms with E-state index in [2.05, 4.69) is 38.7 Å². The number of hydrogen-bond acceptors (Lipinski definition) is 4. The maximum absolute atomic E-state index is 12.6. The van der Waals surface area contributed by atoms with Crippen LogP contribution in [0.15, 0.2) is 46.9 Å². The van der Waals surface area contributed by atoms with Crippen LogP contribution in [0.25, 0.3) is 0 Å². The van der Waals surface area contributed by atoms with E-state index in [9.17, 15) is 4.79 Å². The van der Waals surface area contributed by atoms with Crippen molar-refractivity contribution in [1.82, 2.24) is 5.32 Å². The van der Waals surface area contributed by atoms with E-state index in [4.69, 9.17) is 9.47 Å². The van der Waals surface area contributed by atoms with E-state index in [1.165, 1.54) is 5.56 Å². The highest BCUT2D eigenvalue weighted by Gasteiger charge is 2.34. The summed E-state index contributed by atoms with van der Waals surface area (Å²) < 4.78 is 11.9. The molecule has 0 radical (unpaired) electrons. The summed E-state index contributed by atoms with van der Waals surface area (Å²) in [6.07, 6.45) is 1.65. The smallest absolute Gasteiger partial charge is 0.238 e. The van der Waals surface area contributed by atoms with Gasteiger partial charge in [0, 0.05) is 23.2 Å². The summed E-state index contributed by atoms with van der Waals surface area (Å²) in [5.74, 6) is 0.557. The number of hydrogen-bond donors (Lipinski definition) is 2. The number of anilines is 1. The highest BCUT2D eigenvalue weighted by molar-refractivity contribution is 9.10. The molecule has 3 rings (SSSR count). The Hall–Kier alpha value is -1.89. The molecule has 1 aliphatic heterocycles. The molecule has 1 amide bonds. The van der Waals surface area contributed by atoms with Crippen molar-refractivity contribution in [3.63, 3.8) is 0 Å². The Labute approximate surface area is 168 Å². The predicted molar refractivity (Wildman–Crippen MR) is 110 cm³/mol. The van der Waals surface area contributed by atoms with Crippen LogP contribution in [0.2, 0.25) is 0 Å². The maximum atomic E-state index is 12.6. The third kappa shape index (κ3) is 4.89. The van der Waals surface area contributed by atoms with Gasteiger partial charge in [0.15, 0.2) is 0 Å². The summed E-state index contributed by atoms with van der Waals surface area (Å²) in [4.78, 5) is 12.6. The quantitative estimate of drug-likeness (QED) is 0.723. The van der Waals surface area contributed by atoms with Crippen molar-refractivity contribution in [1.29, 1.82) is 0 Å². The zero-order chi connectivity index (χ0) is 19.3. The molecule has 1 saturated heterocycles. The molecule has 2 N–H and O–H groups in total. The van der Waals surface area contributed by atoms with Crippen molar-refractivity contribution < 1.29 is 14.3 Å². The molecule has 0 spiro atoms. The normalized spacial score (nSPS) is 16.0. The van der Waals surface area contributed by atoms with E-state index >= 15 is 0 Å². The molecule has 27 heavy (non-hydrogen) atoms. The Balaban J connectivity index is 1.72. The van der Waals surface area contributed by atoms with Crippen LogP contribution in [0.4, 0.5) is 5.69 Å². The van der Waals surface area contributed by atoms with Gasteiger partial charge in [-0.25, -0.2) is 0 Å². The Morgan fingerprint density at radius 3 is 2.70 bits per heavy atom. The van der Waals surface area contributed by atoms with Gasteiger partial charge in [0.2, 0.25) is 5.91 Å². The number of carbonyl (C=O) groups is 1. The number of halogens is 1. The zero-order valence-electron chi connectivity index (χ0n) is 15.7. The summed E-state index contributed by atoms with van der Waals surface area (Å²) in [7, 11) is 1.60. The molecule has 0 unspecified atom stereocenters. The first-order chi connectivity index (χ1) is 13.0. The van der Waals surface area contributed by atoms with Gasteiger partial charge in [0.05, 0.1) is 19.3 Å². The fraction of sp³-hybridized carbons (Fsp3) is 0.381. The van der Waals surface area contributed by atoms with Crippen molar-refractivity contribution in [2.75, 3.05) is 32.2 Å². The third-order valence-corrected chi connectivity index (χ3v) is 5.43. The molecule has 0 aromatic heterocycles. The predicted octanol–water partition coefficient (Wildman–Crippen LogP) is 4.00. The molecule has 2 aromatic rings. The first-order valence-electron chi connectivity index (χ1n) is 9.06. The van der Waals surface area contributed by atoms with Gasteiger partial charge >= 0.3 is 0 Å². The second kappa shape index (κ2) is 8.87. The number of carbonyl (C=O) groups excluding carboxylic acids is 1. The molecule has 0 bridgehead atoms. The van der Waals surface area contributed by atoms with Gasteiger partial charge in [0.25, 0.3) is 0 Å². The van der Waals surface area contributed by atoms with Crippen molar-refractivity contribution in [2.45, 2.75) is 25.3 Å². The molecule has 1 heterocycles. The first kappa shape index (κ1) is 19.9. The average molecular weight is 433 g/mol. The molecule has 0 saturated carbocycles. The Morgan fingerprint density at radius 2 is 2.00 bits per heavy atom. The largest absolute Gasteiger partial charge is 0.495 e. The molecule has 1 aliphatic rings. The molecular weight excluding hydrogens is 408 g/mol. The van der Waals surface area contributed by atoms with Gasteiger partial charge in [-0.2, -0.15) is 0 Å². The van der Waals surface area contributed by atoms with E-state index in [1.54, 1.807) is 7.11 Å². The molecule has 2 aromatic carbocycles.